The van der Waals surface area contributed by atoms with E-state index in [0.717, 1.165) is 17.9 Å². The molecule has 2 rings (SSSR count). The summed E-state index contributed by atoms with van der Waals surface area (Å²) in [4.78, 5) is 0. The summed E-state index contributed by atoms with van der Waals surface area (Å²) in [5.41, 5.74) is 7.36. The van der Waals surface area contributed by atoms with Crippen molar-refractivity contribution in [3.05, 3.63) is 34.1 Å². The lowest BCUT2D eigenvalue weighted by Gasteiger charge is -2.32. The van der Waals surface area contributed by atoms with Gasteiger partial charge in [-0.3, -0.25) is 0 Å². The number of halogens is 2. The maximum atomic E-state index is 13.5. The predicted octanol–water partition coefficient (Wildman–Crippen LogP) is 4.67. The SMILES string of the molecule is CCC1CCCC(C(N)Cc2cccc(F)c2Br)C1. The Kier molecular flexibility index (Phi) is 5.40. The topological polar surface area (TPSA) is 26.0 Å². The summed E-state index contributed by atoms with van der Waals surface area (Å²) >= 11 is 3.33. The molecule has 2 N–H and O–H groups in total. The molecule has 19 heavy (non-hydrogen) atoms. The zero-order chi connectivity index (χ0) is 13.8. The van der Waals surface area contributed by atoms with E-state index in [1.54, 1.807) is 6.07 Å². The summed E-state index contributed by atoms with van der Waals surface area (Å²) in [5, 5.41) is 0. The van der Waals surface area contributed by atoms with Crippen LogP contribution in [0.5, 0.6) is 0 Å². The summed E-state index contributed by atoms with van der Waals surface area (Å²) < 4.78 is 14.1. The van der Waals surface area contributed by atoms with Gasteiger partial charge in [-0.1, -0.05) is 38.3 Å². The molecule has 1 aliphatic rings. The van der Waals surface area contributed by atoms with Gasteiger partial charge in [-0.2, -0.15) is 0 Å². The van der Waals surface area contributed by atoms with Crippen molar-refractivity contribution in [3.63, 3.8) is 0 Å². The summed E-state index contributed by atoms with van der Waals surface area (Å²) in [6, 6.07) is 5.35. The first kappa shape index (κ1) is 15.0. The lowest BCUT2D eigenvalue weighted by molar-refractivity contribution is 0.228. The van der Waals surface area contributed by atoms with Crippen molar-refractivity contribution in [1.82, 2.24) is 0 Å². The quantitative estimate of drug-likeness (QED) is 0.854. The van der Waals surface area contributed by atoms with E-state index in [0.29, 0.717) is 10.4 Å². The van der Waals surface area contributed by atoms with Crippen LogP contribution in [0.3, 0.4) is 0 Å². The van der Waals surface area contributed by atoms with Crippen molar-refractivity contribution in [2.45, 2.75) is 51.5 Å². The minimum atomic E-state index is -0.195. The van der Waals surface area contributed by atoms with E-state index in [4.69, 9.17) is 5.73 Å². The van der Waals surface area contributed by atoms with Crippen LogP contribution in [0, 0.1) is 17.7 Å². The molecule has 0 spiro atoms. The Hall–Kier alpha value is -0.410. The lowest BCUT2D eigenvalue weighted by atomic mass is 9.76. The highest BCUT2D eigenvalue weighted by Crippen LogP contribution is 2.34. The lowest BCUT2D eigenvalue weighted by Crippen LogP contribution is -2.35. The fourth-order valence-electron chi connectivity index (χ4n) is 3.22. The second-order valence-electron chi connectivity index (χ2n) is 5.78. The number of hydrogen-bond acceptors (Lipinski definition) is 1. The smallest absolute Gasteiger partial charge is 0.137 e. The van der Waals surface area contributed by atoms with Crippen molar-refractivity contribution < 1.29 is 4.39 Å². The van der Waals surface area contributed by atoms with E-state index >= 15 is 0 Å². The Bertz CT molecular complexity index is 421. The number of nitrogens with two attached hydrogens (primary N) is 1. The molecule has 1 aromatic carbocycles. The van der Waals surface area contributed by atoms with Gasteiger partial charge >= 0.3 is 0 Å². The van der Waals surface area contributed by atoms with Crippen LogP contribution in [0.4, 0.5) is 4.39 Å². The molecule has 1 fully saturated rings. The molecule has 106 valence electrons. The van der Waals surface area contributed by atoms with Crippen LogP contribution in [0.2, 0.25) is 0 Å². The Labute approximate surface area is 123 Å². The van der Waals surface area contributed by atoms with Crippen LogP contribution >= 0.6 is 15.9 Å². The molecule has 3 unspecified atom stereocenters. The van der Waals surface area contributed by atoms with Crippen molar-refractivity contribution in [2.75, 3.05) is 0 Å². The number of benzene rings is 1. The highest BCUT2D eigenvalue weighted by atomic mass is 79.9. The van der Waals surface area contributed by atoms with Gasteiger partial charge in [0.05, 0.1) is 4.47 Å². The van der Waals surface area contributed by atoms with Gasteiger partial charge in [-0.15, -0.1) is 0 Å². The highest BCUT2D eigenvalue weighted by molar-refractivity contribution is 9.10. The molecule has 1 aliphatic carbocycles. The van der Waals surface area contributed by atoms with Crippen molar-refractivity contribution >= 4 is 15.9 Å². The Morgan fingerprint density at radius 3 is 2.95 bits per heavy atom. The van der Waals surface area contributed by atoms with E-state index in [1.807, 2.05) is 6.07 Å². The zero-order valence-corrected chi connectivity index (χ0v) is 13.1. The minimum absolute atomic E-state index is 0.146. The van der Waals surface area contributed by atoms with Gasteiger partial charge in [0.25, 0.3) is 0 Å². The van der Waals surface area contributed by atoms with Gasteiger partial charge < -0.3 is 5.73 Å². The second kappa shape index (κ2) is 6.85. The third kappa shape index (κ3) is 3.79. The van der Waals surface area contributed by atoms with E-state index in [1.165, 1.54) is 38.2 Å². The fraction of sp³-hybridized carbons (Fsp3) is 0.625. The average Bonchev–Trinajstić information content (AvgIpc) is 2.44. The van der Waals surface area contributed by atoms with E-state index < -0.39 is 0 Å². The van der Waals surface area contributed by atoms with Gasteiger partial charge in [0, 0.05) is 6.04 Å². The molecule has 3 heteroatoms. The Morgan fingerprint density at radius 1 is 1.42 bits per heavy atom. The van der Waals surface area contributed by atoms with Crippen LogP contribution in [0.1, 0.15) is 44.6 Å². The molecular formula is C16H23BrFN. The van der Waals surface area contributed by atoms with E-state index in [9.17, 15) is 4.39 Å². The summed E-state index contributed by atoms with van der Waals surface area (Å²) in [6.45, 7) is 2.27. The predicted molar refractivity (Wildman–Crippen MR) is 81.5 cm³/mol. The van der Waals surface area contributed by atoms with Gasteiger partial charge in [0.2, 0.25) is 0 Å². The molecule has 3 atom stereocenters. The molecule has 0 bridgehead atoms. The number of rotatable bonds is 4. The molecule has 1 nitrogen and oxygen atoms in total. The Morgan fingerprint density at radius 2 is 2.21 bits per heavy atom. The molecular weight excluding hydrogens is 305 g/mol. The molecule has 1 saturated carbocycles. The molecule has 0 radical (unpaired) electrons. The van der Waals surface area contributed by atoms with Crippen LogP contribution < -0.4 is 5.73 Å². The molecule has 0 aromatic heterocycles. The molecule has 1 aromatic rings. The van der Waals surface area contributed by atoms with Crippen LogP contribution in [-0.4, -0.2) is 6.04 Å². The summed E-state index contributed by atoms with van der Waals surface area (Å²) in [6.07, 6.45) is 7.13. The van der Waals surface area contributed by atoms with Crippen molar-refractivity contribution in [2.24, 2.45) is 17.6 Å². The maximum absolute atomic E-state index is 13.5. The van der Waals surface area contributed by atoms with Gasteiger partial charge in [0.1, 0.15) is 5.82 Å². The monoisotopic (exact) mass is 327 g/mol. The van der Waals surface area contributed by atoms with Crippen LogP contribution in [0.25, 0.3) is 0 Å². The molecule has 0 aliphatic heterocycles. The maximum Gasteiger partial charge on any atom is 0.137 e. The molecule has 0 heterocycles. The second-order valence-corrected chi connectivity index (χ2v) is 6.57. The first-order valence-corrected chi connectivity index (χ1v) is 8.09. The van der Waals surface area contributed by atoms with E-state index in [-0.39, 0.29) is 11.9 Å². The first-order valence-electron chi connectivity index (χ1n) is 7.30. The standard InChI is InChI=1S/C16H23BrFN/c1-2-11-5-3-6-12(9-11)15(19)10-13-7-4-8-14(18)16(13)17/h4,7-8,11-12,15H,2-3,5-6,9-10,19H2,1H3. The van der Waals surface area contributed by atoms with Gasteiger partial charge in [0.15, 0.2) is 0 Å². The fourth-order valence-corrected chi connectivity index (χ4v) is 3.65. The average molecular weight is 328 g/mol. The molecule has 0 saturated heterocycles. The molecule has 0 amide bonds. The zero-order valence-electron chi connectivity index (χ0n) is 11.5. The van der Waals surface area contributed by atoms with Crippen LogP contribution in [-0.2, 0) is 6.42 Å². The van der Waals surface area contributed by atoms with Gasteiger partial charge in [-0.25, -0.2) is 4.39 Å². The third-order valence-corrected chi connectivity index (χ3v) is 5.38. The summed E-state index contributed by atoms with van der Waals surface area (Å²) in [5.74, 6) is 1.23. The normalized spacial score (nSPS) is 25.3. The first-order chi connectivity index (χ1) is 9.11. The number of hydrogen-bond donors (Lipinski definition) is 1. The third-order valence-electron chi connectivity index (χ3n) is 4.49. The highest BCUT2D eigenvalue weighted by Gasteiger charge is 2.26. The van der Waals surface area contributed by atoms with Crippen LogP contribution in [0.15, 0.2) is 22.7 Å². The Balaban J connectivity index is 2.00. The van der Waals surface area contributed by atoms with Crippen molar-refractivity contribution in [3.8, 4) is 0 Å². The van der Waals surface area contributed by atoms with Crippen molar-refractivity contribution in [1.29, 1.82) is 0 Å². The van der Waals surface area contributed by atoms with Gasteiger partial charge in [-0.05, 0) is 58.7 Å². The minimum Gasteiger partial charge on any atom is -0.327 e. The largest absolute Gasteiger partial charge is 0.327 e. The van der Waals surface area contributed by atoms with E-state index in [2.05, 4.69) is 22.9 Å². The summed E-state index contributed by atoms with van der Waals surface area (Å²) in [7, 11) is 0.